The van der Waals surface area contributed by atoms with Crippen LogP contribution in [0, 0.1) is 18.6 Å². The Morgan fingerprint density at radius 3 is 2.45 bits per heavy atom. The van der Waals surface area contributed by atoms with Crippen molar-refractivity contribution in [2.24, 2.45) is 0 Å². The largest absolute Gasteiger partial charge is 0.393 e. The Balaban J connectivity index is 1.58. The monoisotopic (exact) mass is 583 g/mol. The number of carbonyl (C=O) groups is 2. The lowest BCUT2D eigenvalue weighted by molar-refractivity contribution is -0.699. The quantitative estimate of drug-likeness (QED) is 0.234. The molecule has 4 rings (SSSR count). The number of hydrogen-bond donors (Lipinski definition) is 2. The smallest absolute Gasteiger partial charge is 0.382 e. The Bertz CT molecular complexity index is 1470. The summed E-state index contributed by atoms with van der Waals surface area (Å²) >= 11 is 0. The van der Waals surface area contributed by atoms with Crippen LogP contribution in [0.15, 0.2) is 42.5 Å². The minimum absolute atomic E-state index is 0.0397. The van der Waals surface area contributed by atoms with Crippen LogP contribution in [0.5, 0.6) is 0 Å². The Hall–Kier alpha value is -3.96. The predicted octanol–water partition coefficient (Wildman–Crippen LogP) is 3.84. The summed E-state index contributed by atoms with van der Waals surface area (Å²) in [5.41, 5.74) is 3.24. The second kappa shape index (κ2) is 13.3. The van der Waals surface area contributed by atoms with Crippen molar-refractivity contribution in [1.29, 1.82) is 0 Å². The molecule has 2 N–H and O–H groups in total. The van der Waals surface area contributed by atoms with Crippen LogP contribution in [0.4, 0.5) is 8.78 Å². The normalized spacial score (nSPS) is 14.0. The molecule has 0 saturated carbocycles. The molecule has 0 spiro atoms. The lowest BCUT2D eigenvalue weighted by Crippen LogP contribution is -2.28. The summed E-state index contributed by atoms with van der Waals surface area (Å²) in [6.45, 7) is 6.26. The highest BCUT2D eigenvalue weighted by Gasteiger charge is 2.29. The van der Waals surface area contributed by atoms with E-state index in [4.69, 9.17) is 4.84 Å². The maximum absolute atomic E-state index is 14.1. The Kier molecular flexibility index (Phi) is 9.85. The van der Waals surface area contributed by atoms with Gasteiger partial charge in [0, 0.05) is 24.8 Å². The number of halogens is 2. The highest BCUT2D eigenvalue weighted by Crippen LogP contribution is 2.29. The molecular weight excluding hydrogens is 546 g/mol. The minimum Gasteiger partial charge on any atom is -0.393 e. The second-order valence-corrected chi connectivity index (χ2v) is 11.0. The first-order chi connectivity index (χ1) is 19.9. The van der Waals surface area contributed by atoms with E-state index in [1.165, 1.54) is 27.8 Å². The van der Waals surface area contributed by atoms with Crippen LogP contribution in [-0.4, -0.2) is 73.5 Å². The first-order valence-corrected chi connectivity index (χ1v) is 14.0. The van der Waals surface area contributed by atoms with Crippen molar-refractivity contribution in [1.82, 2.24) is 14.7 Å². The van der Waals surface area contributed by atoms with E-state index in [0.29, 0.717) is 41.0 Å². The third-order valence-electron chi connectivity index (χ3n) is 7.22. The highest BCUT2D eigenvalue weighted by atomic mass is 19.1. The van der Waals surface area contributed by atoms with E-state index < -0.39 is 24.0 Å². The number of aliphatic hydroxyl groups is 2. The third kappa shape index (κ3) is 7.65. The molecule has 42 heavy (non-hydrogen) atoms. The zero-order valence-corrected chi connectivity index (χ0v) is 24.3. The van der Waals surface area contributed by atoms with Crippen LogP contribution in [0.25, 0.3) is 5.69 Å². The number of nitrogens with zero attached hydrogens (tertiary/aromatic N) is 4. The molecule has 2 heterocycles. The second-order valence-electron chi connectivity index (χ2n) is 11.0. The summed E-state index contributed by atoms with van der Waals surface area (Å²) in [4.78, 5) is 32.1. The Morgan fingerprint density at radius 1 is 1.12 bits per heavy atom. The van der Waals surface area contributed by atoms with Crippen LogP contribution >= 0.6 is 0 Å². The van der Waals surface area contributed by atoms with Gasteiger partial charge in [-0.05, 0) is 78.3 Å². The SMILES string of the molecule is Cc1c(F)cccc1CN(C)C(=O)c1nn(-c2ccc(F)cc2)c(CC[C@@H](O)C[C@@H](O)CC(=O)O[N+]2=CC2)c1C(C)C. The predicted molar refractivity (Wildman–Crippen MR) is 151 cm³/mol. The van der Waals surface area contributed by atoms with Crippen molar-refractivity contribution in [2.75, 3.05) is 13.6 Å². The van der Waals surface area contributed by atoms with Crippen molar-refractivity contribution in [3.05, 3.63) is 82.2 Å². The van der Waals surface area contributed by atoms with Crippen molar-refractivity contribution >= 4 is 18.1 Å². The standard InChI is InChI=1S/C31H37F2N4O5/c1-19(2)29-27(13-12-24(38)16-25(39)17-28(40)42-36-14-15-36)37(23-10-8-22(32)9-11-23)34-30(29)31(41)35(4)18-21-6-5-7-26(33)20(21)3/h5-11,14,19,24-25,38-39H,12-13,15-18H2,1-4H3/q+1/t24-,25-/m1/s1. The molecule has 2 aromatic carbocycles. The Morgan fingerprint density at radius 2 is 1.81 bits per heavy atom. The van der Waals surface area contributed by atoms with Gasteiger partial charge in [-0.15, -0.1) is 0 Å². The van der Waals surface area contributed by atoms with Crippen LogP contribution in [0.1, 0.15) is 71.9 Å². The van der Waals surface area contributed by atoms with Crippen molar-refractivity contribution in [3.8, 4) is 5.69 Å². The summed E-state index contributed by atoms with van der Waals surface area (Å²) in [5, 5.41) is 25.7. The average Bonchev–Trinajstić information content (AvgIpc) is 3.66. The first-order valence-electron chi connectivity index (χ1n) is 14.0. The topological polar surface area (TPSA) is 108 Å². The highest BCUT2D eigenvalue weighted by molar-refractivity contribution is 5.94. The number of aliphatic hydroxyl groups excluding tert-OH is 2. The molecule has 0 bridgehead atoms. The number of rotatable bonds is 13. The van der Waals surface area contributed by atoms with Crippen molar-refractivity contribution in [2.45, 2.75) is 71.1 Å². The van der Waals surface area contributed by atoms with E-state index in [2.05, 4.69) is 5.10 Å². The van der Waals surface area contributed by atoms with Gasteiger partial charge in [-0.1, -0.05) is 26.0 Å². The number of benzene rings is 2. The molecule has 1 aromatic heterocycles. The molecule has 3 aromatic rings. The van der Waals surface area contributed by atoms with Gasteiger partial charge in [-0.2, -0.15) is 9.94 Å². The van der Waals surface area contributed by atoms with Gasteiger partial charge in [0.25, 0.3) is 18.7 Å². The molecule has 11 heteroatoms. The number of aromatic nitrogens is 2. The summed E-state index contributed by atoms with van der Waals surface area (Å²) in [6.07, 6.45) is -0.145. The van der Waals surface area contributed by atoms with E-state index in [-0.39, 0.29) is 49.1 Å². The van der Waals surface area contributed by atoms with Gasteiger partial charge in [-0.3, -0.25) is 4.79 Å². The molecular formula is C31H37F2N4O5+. The van der Waals surface area contributed by atoms with Crippen LogP contribution < -0.4 is 0 Å². The molecule has 0 unspecified atom stereocenters. The molecule has 1 aliphatic rings. The molecule has 0 radical (unpaired) electrons. The van der Waals surface area contributed by atoms with Gasteiger partial charge >= 0.3 is 5.97 Å². The van der Waals surface area contributed by atoms with Gasteiger partial charge in [0.1, 0.15) is 11.6 Å². The van der Waals surface area contributed by atoms with E-state index in [0.717, 1.165) is 0 Å². The third-order valence-corrected chi connectivity index (χ3v) is 7.22. The van der Waals surface area contributed by atoms with Crippen LogP contribution in [0.3, 0.4) is 0 Å². The lowest BCUT2D eigenvalue weighted by Gasteiger charge is -2.19. The summed E-state index contributed by atoms with van der Waals surface area (Å²) < 4.78 is 30.8. The van der Waals surface area contributed by atoms with Crippen molar-refractivity contribution < 1.29 is 38.2 Å². The molecule has 0 saturated heterocycles. The lowest BCUT2D eigenvalue weighted by atomic mass is 9.95. The van der Waals surface area contributed by atoms with Crippen LogP contribution in [0.2, 0.25) is 0 Å². The summed E-state index contributed by atoms with van der Waals surface area (Å²) in [5.74, 6) is -1.84. The summed E-state index contributed by atoms with van der Waals surface area (Å²) in [7, 11) is 1.63. The number of hydrogen-bond acceptors (Lipinski definition) is 6. The van der Waals surface area contributed by atoms with E-state index in [1.54, 1.807) is 49.1 Å². The number of carbonyl (C=O) groups excluding carboxylic acids is 2. The molecule has 9 nitrogen and oxygen atoms in total. The molecule has 224 valence electrons. The van der Waals surface area contributed by atoms with E-state index in [1.807, 2.05) is 13.8 Å². The zero-order valence-electron chi connectivity index (χ0n) is 24.3. The van der Waals surface area contributed by atoms with Crippen LogP contribution in [-0.2, 0) is 22.6 Å². The fraction of sp³-hybridized carbons (Fsp3) is 0.419. The molecule has 0 fully saturated rings. The molecule has 0 aliphatic carbocycles. The van der Waals surface area contributed by atoms with Gasteiger partial charge < -0.3 is 15.1 Å². The fourth-order valence-electron chi connectivity index (χ4n) is 4.88. The first kappa shape index (κ1) is 31.0. The minimum atomic E-state index is -1.09. The number of amides is 1. The molecule has 2 atom stereocenters. The average molecular weight is 584 g/mol. The van der Waals surface area contributed by atoms with Gasteiger partial charge in [-0.25, -0.2) is 18.3 Å². The van der Waals surface area contributed by atoms with Gasteiger partial charge in [0.2, 0.25) is 0 Å². The molecule has 1 aliphatic heterocycles. The molecule has 1 amide bonds. The Labute approximate surface area is 243 Å². The maximum Gasteiger partial charge on any atom is 0.382 e. The number of hydroxylamine groups is 1. The van der Waals surface area contributed by atoms with Gasteiger partial charge in [0.15, 0.2) is 5.69 Å². The maximum atomic E-state index is 14.1. The van der Waals surface area contributed by atoms with E-state index >= 15 is 0 Å². The van der Waals surface area contributed by atoms with Gasteiger partial charge in [0.05, 0.1) is 24.3 Å². The fourth-order valence-corrected chi connectivity index (χ4v) is 4.88. The van der Waals surface area contributed by atoms with Crippen molar-refractivity contribution in [3.63, 3.8) is 0 Å². The van der Waals surface area contributed by atoms with E-state index in [9.17, 15) is 28.6 Å². The summed E-state index contributed by atoms with van der Waals surface area (Å²) in [6, 6.07) is 10.5. The zero-order chi connectivity index (χ0) is 30.6.